The van der Waals surface area contributed by atoms with E-state index in [1.165, 1.54) is 24.8 Å². The van der Waals surface area contributed by atoms with Gasteiger partial charge < -0.3 is 9.80 Å². The smallest absolute Gasteiger partial charge is 0.228 e. The monoisotopic (exact) mass is 369 g/mol. The molecule has 3 aliphatic rings. The molecule has 3 fully saturated rings. The van der Waals surface area contributed by atoms with Crippen molar-refractivity contribution < 1.29 is 9.59 Å². The standard InChI is InChI=1S/C22H31N3O2/c26-21-15-19(17-25(21)20-9-5-2-6-10-20)22(27)24-13-11-23(12-14-24)16-18-7-3-1-4-8-18/h1,3-4,7-8,19-20H,2,5-6,9-17H2/t19-/m0/s1. The second kappa shape index (κ2) is 8.42. The number of rotatable bonds is 4. The molecule has 2 amide bonds. The first-order chi connectivity index (χ1) is 13.2. The van der Waals surface area contributed by atoms with Crippen molar-refractivity contribution in [3.8, 4) is 0 Å². The fraction of sp³-hybridized carbons (Fsp3) is 0.636. The van der Waals surface area contributed by atoms with E-state index in [2.05, 4.69) is 29.2 Å². The van der Waals surface area contributed by atoms with Crippen molar-refractivity contribution in [2.75, 3.05) is 32.7 Å². The molecule has 5 heteroatoms. The quantitative estimate of drug-likeness (QED) is 0.819. The number of hydrogen-bond acceptors (Lipinski definition) is 3. The van der Waals surface area contributed by atoms with Gasteiger partial charge in [-0.1, -0.05) is 49.6 Å². The van der Waals surface area contributed by atoms with Gasteiger partial charge in [0.15, 0.2) is 0 Å². The minimum Gasteiger partial charge on any atom is -0.340 e. The van der Waals surface area contributed by atoms with Crippen molar-refractivity contribution in [1.29, 1.82) is 0 Å². The summed E-state index contributed by atoms with van der Waals surface area (Å²) in [5, 5.41) is 0. The van der Waals surface area contributed by atoms with E-state index in [0.717, 1.165) is 45.6 Å². The molecule has 0 radical (unpaired) electrons. The van der Waals surface area contributed by atoms with Gasteiger partial charge in [-0.15, -0.1) is 0 Å². The maximum Gasteiger partial charge on any atom is 0.228 e. The molecule has 1 atom stereocenters. The lowest BCUT2D eigenvalue weighted by atomic mass is 9.94. The predicted octanol–water partition coefficient (Wildman–Crippen LogP) is 2.51. The van der Waals surface area contributed by atoms with E-state index in [4.69, 9.17) is 0 Å². The number of likely N-dealkylation sites (tertiary alicyclic amines) is 1. The lowest BCUT2D eigenvalue weighted by molar-refractivity contribution is -0.137. The molecule has 146 valence electrons. The third-order valence-corrected chi connectivity index (χ3v) is 6.46. The van der Waals surface area contributed by atoms with E-state index >= 15 is 0 Å². The highest BCUT2D eigenvalue weighted by atomic mass is 16.2. The Labute approximate surface area is 162 Å². The molecule has 1 aromatic rings. The molecule has 2 heterocycles. The average molecular weight is 370 g/mol. The van der Waals surface area contributed by atoms with Crippen molar-refractivity contribution in [2.45, 2.75) is 51.1 Å². The second-order valence-corrected chi connectivity index (χ2v) is 8.33. The van der Waals surface area contributed by atoms with Gasteiger partial charge in [0, 0.05) is 51.7 Å². The number of hydrogen-bond donors (Lipinski definition) is 0. The summed E-state index contributed by atoms with van der Waals surface area (Å²) < 4.78 is 0. The summed E-state index contributed by atoms with van der Waals surface area (Å²) in [4.78, 5) is 31.9. The molecule has 0 unspecified atom stereocenters. The Morgan fingerprint density at radius 2 is 1.67 bits per heavy atom. The average Bonchev–Trinajstić information content (AvgIpc) is 3.11. The fourth-order valence-corrected chi connectivity index (χ4v) is 4.87. The minimum atomic E-state index is -0.125. The van der Waals surface area contributed by atoms with Crippen LogP contribution in [-0.4, -0.2) is 65.3 Å². The maximum atomic E-state index is 13.0. The summed E-state index contributed by atoms with van der Waals surface area (Å²) in [7, 11) is 0. The summed E-state index contributed by atoms with van der Waals surface area (Å²) in [6, 6.07) is 10.9. The molecule has 2 saturated heterocycles. The first-order valence-electron chi connectivity index (χ1n) is 10.6. The molecule has 27 heavy (non-hydrogen) atoms. The van der Waals surface area contributed by atoms with E-state index < -0.39 is 0 Å². The van der Waals surface area contributed by atoms with Gasteiger partial charge in [0.2, 0.25) is 11.8 Å². The highest BCUT2D eigenvalue weighted by molar-refractivity contribution is 5.89. The zero-order chi connectivity index (χ0) is 18.6. The number of nitrogens with zero attached hydrogens (tertiary/aromatic N) is 3. The van der Waals surface area contributed by atoms with Crippen molar-refractivity contribution in [2.24, 2.45) is 5.92 Å². The van der Waals surface area contributed by atoms with E-state index in [1.54, 1.807) is 0 Å². The van der Waals surface area contributed by atoms with Crippen molar-refractivity contribution >= 4 is 11.8 Å². The Morgan fingerprint density at radius 1 is 0.963 bits per heavy atom. The topological polar surface area (TPSA) is 43.9 Å². The first kappa shape index (κ1) is 18.5. The molecule has 0 aromatic heterocycles. The number of benzene rings is 1. The van der Waals surface area contributed by atoms with Crippen LogP contribution in [0.15, 0.2) is 30.3 Å². The van der Waals surface area contributed by atoms with Crippen molar-refractivity contribution in [3.05, 3.63) is 35.9 Å². The molecule has 1 saturated carbocycles. The van der Waals surface area contributed by atoms with Crippen molar-refractivity contribution in [1.82, 2.24) is 14.7 Å². The summed E-state index contributed by atoms with van der Waals surface area (Å²) in [6.07, 6.45) is 6.37. The molecule has 5 nitrogen and oxygen atoms in total. The van der Waals surface area contributed by atoms with Crippen LogP contribution in [-0.2, 0) is 16.1 Å². The fourth-order valence-electron chi connectivity index (χ4n) is 4.87. The molecule has 0 N–H and O–H groups in total. The van der Waals surface area contributed by atoms with E-state index in [0.29, 0.717) is 19.0 Å². The maximum absolute atomic E-state index is 13.0. The number of carbonyl (C=O) groups excluding carboxylic acids is 2. The lowest BCUT2D eigenvalue weighted by Crippen LogP contribution is -2.50. The molecule has 1 aliphatic carbocycles. The van der Waals surface area contributed by atoms with Gasteiger partial charge in [-0.05, 0) is 18.4 Å². The van der Waals surface area contributed by atoms with Gasteiger partial charge in [-0.3, -0.25) is 14.5 Å². The number of amides is 2. The zero-order valence-electron chi connectivity index (χ0n) is 16.2. The zero-order valence-corrected chi connectivity index (χ0v) is 16.2. The van der Waals surface area contributed by atoms with Crippen LogP contribution >= 0.6 is 0 Å². The largest absolute Gasteiger partial charge is 0.340 e. The van der Waals surface area contributed by atoms with E-state index in [9.17, 15) is 9.59 Å². The summed E-state index contributed by atoms with van der Waals surface area (Å²) in [5.41, 5.74) is 1.32. The third-order valence-electron chi connectivity index (χ3n) is 6.46. The third kappa shape index (κ3) is 4.34. The molecule has 1 aromatic carbocycles. The van der Waals surface area contributed by atoms with Crippen molar-refractivity contribution in [3.63, 3.8) is 0 Å². The molecular formula is C22H31N3O2. The predicted molar refractivity (Wildman–Crippen MR) is 105 cm³/mol. The molecule has 0 bridgehead atoms. The normalized spacial score (nSPS) is 25.2. The Bertz CT molecular complexity index is 649. The van der Waals surface area contributed by atoms with Crippen LogP contribution in [0.1, 0.15) is 44.1 Å². The van der Waals surface area contributed by atoms with Crippen LogP contribution in [0.4, 0.5) is 0 Å². The Kier molecular flexibility index (Phi) is 5.77. The molecule has 0 spiro atoms. The molecule has 2 aliphatic heterocycles. The second-order valence-electron chi connectivity index (χ2n) is 8.33. The van der Waals surface area contributed by atoms with Gasteiger partial charge in [-0.25, -0.2) is 0 Å². The molecule has 4 rings (SSSR count). The van der Waals surface area contributed by atoms with Gasteiger partial charge >= 0.3 is 0 Å². The number of carbonyl (C=O) groups is 2. The number of piperazine rings is 1. The Balaban J connectivity index is 1.27. The first-order valence-corrected chi connectivity index (χ1v) is 10.6. The van der Waals surface area contributed by atoms with Crippen LogP contribution < -0.4 is 0 Å². The van der Waals surface area contributed by atoms with Gasteiger partial charge in [0.25, 0.3) is 0 Å². The SMILES string of the molecule is O=C([C@H]1CC(=O)N(C2CCCCC2)C1)N1CCN(Cc2ccccc2)CC1. The van der Waals surface area contributed by atoms with E-state index in [-0.39, 0.29) is 17.7 Å². The summed E-state index contributed by atoms with van der Waals surface area (Å²) >= 11 is 0. The van der Waals surface area contributed by atoms with E-state index in [1.807, 2.05) is 15.9 Å². The highest BCUT2D eigenvalue weighted by Crippen LogP contribution is 2.29. The van der Waals surface area contributed by atoms with Crippen LogP contribution in [0.5, 0.6) is 0 Å². The lowest BCUT2D eigenvalue weighted by Gasteiger charge is -2.36. The Hall–Kier alpha value is -1.88. The Morgan fingerprint density at radius 3 is 2.37 bits per heavy atom. The minimum absolute atomic E-state index is 0.125. The highest BCUT2D eigenvalue weighted by Gasteiger charge is 2.40. The van der Waals surface area contributed by atoms with Gasteiger partial charge in [-0.2, -0.15) is 0 Å². The molecular weight excluding hydrogens is 338 g/mol. The summed E-state index contributed by atoms with van der Waals surface area (Å²) in [5.74, 6) is 0.268. The van der Waals surface area contributed by atoms with Crippen LogP contribution in [0.25, 0.3) is 0 Å². The van der Waals surface area contributed by atoms with Gasteiger partial charge in [0.1, 0.15) is 0 Å². The summed E-state index contributed by atoms with van der Waals surface area (Å²) in [6.45, 7) is 4.97. The van der Waals surface area contributed by atoms with Gasteiger partial charge in [0.05, 0.1) is 5.92 Å². The van der Waals surface area contributed by atoms with Crippen LogP contribution in [0, 0.1) is 5.92 Å². The van der Waals surface area contributed by atoms with Crippen LogP contribution in [0.2, 0.25) is 0 Å². The van der Waals surface area contributed by atoms with Crippen LogP contribution in [0.3, 0.4) is 0 Å².